The lowest BCUT2D eigenvalue weighted by molar-refractivity contribution is 0.0931. The average Bonchev–Trinajstić information content (AvgIpc) is 3.49. The van der Waals surface area contributed by atoms with Crippen LogP contribution in [0.15, 0.2) is 76.7 Å². The van der Waals surface area contributed by atoms with Gasteiger partial charge >= 0.3 is 0 Å². The number of nitrogens with one attached hydrogen (secondary N) is 1. The number of hydrogen-bond donors (Lipinski definition) is 1. The first-order valence-corrected chi connectivity index (χ1v) is 10.2. The summed E-state index contributed by atoms with van der Waals surface area (Å²) in [5, 5.41) is 9.73. The van der Waals surface area contributed by atoms with Crippen LogP contribution in [0.25, 0.3) is 16.3 Å². The molecule has 0 radical (unpaired) electrons. The van der Waals surface area contributed by atoms with Crippen molar-refractivity contribution in [2.24, 2.45) is 0 Å². The lowest BCUT2D eigenvalue weighted by atomic mass is 10.2. The van der Waals surface area contributed by atoms with Gasteiger partial charge in [-0.15, -0.1) is 11.3 Å². The number of thiophene rings is 1. The van der Waals surface area contributed by atoms with E-state index in [9.17, 15) is 4.79 Å². The van der Waals surface area contributed by atoms with E-state index >= 15 is 0 Å². The molecule has 0 unspecified atom stereocenters. The molecule has 0 fully saturated rings. The van der Waals surface area contributed by atoms with Crippen LogP contribution in [0, 0.1) is 0 Å². The zero-order valence-corrected chi connectivity index (χ0v) is 17.1. The summed E-state index contributed by atoms with van der Waals surface area (Å²) in [6.07, 6.45) is 1.64. The Morgan fingerprint density at radius 2 is 2.00 bits per heavy atom. The molecule has 0 aliphatic heterocycles. The summed E-state index contributed by atoms with van der Waals surface area (Å²) >= 11 is 1.60. The first kappa shape index (κ1) is 19.2. The van der Waals surface area contributed by atoms with Gasteiger partial charge in [-0.25, -0.2) is 4.68 Å². The van der Waals surface area contributed by atoms with Crippen molar-refractivity contribution < 1.29 is 9.21 Å². The monoisotopic (exact) mass is 406 g/mol. The van der Waals surface area contributed by atoms with Crippen molar-refractivity contribution in [1.82, 2.24) is 20.0 Å². The number of benzene rings is 1. The van der Waals surface area contributed by atoms with Gasteiger partial charge in [0.15, 0.2) is 0 Å². The molecule has 1 N–H and O–H groups in total. The number of carbonyl (C=O) groups is 1. The van der Waals surface area contributed by atoms with Crippen molar-refractivity contribution in [3.63, 3.8) is 0 Å². The van der Waals surface area contributed by atoms with Gasteiger partial charge < -0.3 is 9.73 Å². The average molecular weight is 407 g/mol. The van der Waals surface area contributed by atoms with Crippen LogP contribution >= 0.6 is 11.3 Å². The molecule has 1 aromatic carbocycles. The second kappa shape index (κ2) is 8.46. The smallest absolute Gasteiger partial charge is 0.270 e. The van der Waals surface area contributed by atoms with Gasteiger partial charge in [0, 0.05) is 6.54 Å². The number of para-hydroxylation sites is 1. The molecule has 0 aliphatic carbocycles. The Balaban J connectivity index is 1.62. The van der Waals surface area contributed by atoms with Crippen LogP contribution in [0.4, 0.5) is 0 Å². The Hall–Kier alpha value is -3.16. The van der Waals surface area contributed by atoms with E-state index in [-0.39, 0.29) is 11.9 Å². The minimum absolute atomic E-state index is 0.0567. The fraction of sp³-hybridized carbons (Fsp3) is 0.182. The number of rotatable bonds is 7. The normalized spacial score (nSPS) is 12.2. The standard InChI is InChI=1S/C22H22N4O2S/c1-25(2)19(20-10-6-12-28-20)15-23-22(27)18-14-17(21-11-7-13-29-21)24-26(18)16-8-4-3-5-9-16/h3-14,19H,15H2,1-2H3,(H,23,27)/t19-/m1/s1. The number of carbonyl (C=O) groups excluding carboxylic acids is 1. The van der Waals surface area contributed by atoms with Crippen molar-refractivity contribution in [1.29, 1.82) is 0 Å². The van der Waals surface area contributed by atoms with Gasteiger partial charge in [-0.2, -0.15) is 5.10 Å². The third-order valence-corrected chi connectivity index (χ3v) is 5.56. The fourth-order valence-corrected chi connectivity index (χ4v) is 3.83. The predicted molar refractivity (Wildman–Crippen MR) is 114 cm³/mol. The first-order valence-electron chi connectivity index (χ1n) is 9.31. The summed E-state index contributed by atoms with van der Waals surface area (Å²) in [5.74, 6) is 0.633. The van der Waals surface area contributed by atoms with E-state index in [1.165, 1.54) is 0 Å². The van der Waals surface area contributed by atoms with Gasteiger partial charge in [0.1, 0.15) is 17.1 Å². The highest BCUT2D eigenvalue weighted by molar-refractivity contribution is 7.13. The van der Waals surface area contributed by atoms with Gasteiger partial charge in [0.05, 0.1) is 22.9 Å². The molecule has 1 atom stereocenters. The number of likely N-dealkylation sites (N-methyl/N-ethyl adjacent to an activating group) is 1. The van der Waals surface area contributed by atoms with Gasteiger partial charge in [0.25, 0.3) is 5.91 Å². The highest BCUT2D eigenvalue weighted by atomic mass is 32.1. The van der Waals surface area contributed by atoms with Crippen molar-refractivity contribution >= 4 is 17.2 Å². The first-order chi connectivity index (χ1) is 14.1. The zero-order chi connectivity index (χ0) is 20.2. The molecular weight excluding hydrogens is 384 g/mol. The predicted octanol–water partition coefficient (Wildman–Crippen LogP) is 4.23. The van der Waals surface area contributed by atoms with Crippen LogP contribution < -0.4 is 5.32 Å². The lowest BCUT2D eigenvalue weighted by Crippen LogP contribution is -2.35. The summed E-state index contributed by atoms with van der Waals surface area (Å²) in [5.41, 5.74) is 2.12. The number of amides is 1. The summed E-state index contributed by atoms with van der Waals surface area (Å²) in [4.78, 5) is 16.1. The van der Waals surface area contributed by atoms with Crippen LogP contribution in [0.5, 0.6) is 0 Å². The number of furan rings is 1. The number of nitrogens with zero attached hydrogens (tertiary/aromatic N) is 3. The van der Waals surface area contributed by atoms with E-state index in [2.05, 4.69) is 5.32 Å². The van der Waals surface area contributed by atoms with E-state index in [1.807, 2.05) is 85.0 Å². The fourth-order valence-electron chi connectivity index (χ4n) is 3.15. The molecular formula is C22H22N4O2S. The molecule has 0 aliphatic rings. The van der Waals surface area contributed by atoms with E-state index in [4.69, 9.17) is 9.52 Å². The van der Waals surface area contributed by atoms with Crippen LogP contribution in [0.1, 0.15) is 22.3 Å². The van der Waals surface area contributed by atoms with Crippen LogP contribution in [0.3, 0.4) is 0 Å². The Bertz CT molecular complexity index is 1050. The molecule has 7 heteroatoms. The Labute approximate surface area is 173 Å². The van der Waals surface area contributed by atoms with Crippen LogP contribution in [0.2, 0.25) is 0 Å². The van der Waals surface area contributed by atoms with Gasteiger partial charge in [-0.3, -0.25) is 9.69 Å². The maximum Gasteiger partial charge on any atom is 0.270 e. The van der Waals surface area contributed by atoms with E-state index in [0.717, 1.165) is 22.0 Å². The van der Waals surface area contributed by atoms with E-state index in [0.29, 0.717) is 12.2 Å². The number of hydrogen-bond acceptors (Lipinski definition) is 5. The Kier molecular flexibility index (Phi) is 5.59. The largest absolute Gasteiger partial charge is 0.468 e. The Morgan fingerprint density at radius 1 is 1.17 bits per heavy atom. The molecule has 29 heavy (non-hydrogen) atoms. The molecule has 0 spiro atoms. The van der Waals surface area contributed by atoms with Crippen molar-refractivity contribution in [2.45, 2.75) is 6.04 Å². The third-order valence-electron chi connectivity index (χ3n) is 4.67. The van der Waals surface area contributed by atoms with Crippen molar-refractivity contribution in [3.05, 3.63) is 83.8 Å². The minimum Gasteiger partial charge on any atom is -0.468 e. The van der Waals surface area contributed by atoms with Gasteiger partial charge in [0.2, 0.25) is 0 Å². The maximum absolute atomic E-state index is 13.1. The second-order valence-electron chi connectivity index (χ2n) is 6.84. The molecule has 1 amide bonds. The topological polar surface area (TPSA) is 63.3 Å². The SMILES string of the molecule is CN(C)[C@H](CNC(=O)c1cc(-c2cccs2)nn1-c1ccccc1)c1ccco1. The van der Waals surface area contributed by atoms with Gasteiger partial charge in [-0.1, -0.05) is 24.3 Å². The third kappa shape index (κ3) is 4.16. The van der Waals surface area contributed by atoms with Crippen LogP contribution in [-0.4, -0.2) is 41.2 Å². The second-order valence-corrected chi connectivity index (χ2v) is 7.79. The summed E-state index contributed by atoms with van der Waals surface area (Å²) < 4.78 is 7.23. The molecule has 4 aromatic rings. The van der Waals surface area contributed by atoms with Gasteiger partial charge in [-0.05, 0) is 55.9 Å². The lowest BCUT2D eigenvalue weighted by Gasteiger charge is -2.22. The van der Waals surface area contributed by atoms with Crippen LogP contribution in [-0.2, 0) is 0 Å². The molecule has 0 saturated carbocycles. The molecule has 3 heterocycles. The summed E-state index contributed by atoms with van der Waals surface area (Å²) in [6.45, 7) is 0.424. The number of aromatic nitrogens is 2. The molecule has 0 saturated heterocycles. The minimum atomic E-state index is -0.178. The highest BCUT2D eigenvalue weighted by Gasteiger charge is 2.21. The summed E-state index contributed by atoms with van der Waals surface area (Å²) in [7, 11) is 3.92. The molecule has 148 valence electrons. The molecule has 6 nitrogen and oxygen atoms in total. The Morgan fingerprint density at radius 3 is 2.66 bits per heavy atom. The molecule has 0 bridgehead atoms. The van der Waals surface area contributed by atoms with E-state index in [1.54, 1.807) is 22.3 Å². The van der Waals surface area contributed by atoms with Crippen molar-refractivity contribution in [3.8, 4) is 16.3 Å². The quantitative estimate of drug-likeness (QED) is 0.499. The van der Waals surface area contributed by atoms with E-state index < -0.39 is 0 Å². The van der Waals surface area contributed by atoms with Crippen molar-refractivity contribution in [2.75, 3.05) is 20.6 Å². The maximum atomic E-state index is 13.1. The molecule has 4 rings (SSSR count). The zero-order valence-electron chi connectivity index (χ0n) is 16.3. The summed E-state index contributed by atoms with van der Waals surface area (Å²) in [6, 6.07) is 19.2. The highest BCUT2D eigenvalue weighted by Crippen LogP contribution is 2.26. The molecule has 3 aromatic heterocycles.